The van der Waals surface area contributed by atoms with E-state index < -0.39 is 5.60 Å². The predicted octanol–water partition coefficient (Wildman–Crippen LogP) is 2.20. The molecule has 0 unspecified atom stereocenters. The van der Waals surface area contributed by atoms with Gasteiger partial charge in [-0.05, 0) is 24.5 Å². The molecule has 0 bridgehead atoms. The Kier molecular flexibility index (Phi) is 4.33. The van der Waals surface area contributed by atoms with Crippen LogP contribution in [0, 0.1) is 0 Å². The van der Waals surface area contributed by atoms with Crippen LogP contribution < -0.4 is 4.74 Å². The highest BCUT2D eigenvalue weighted by Gasteiger charge is 2.25. The SMILES string of the molecule is CCC(O)(CC)c1ccc(CO)c(OC)c1. The minimum atomic E-state index is -0.804. The van der Waals surface area contributed by atoms with Gasteiger partial charge in [-0.25, -0.2) is 0 Å². The van der Waals surface area contributed by atoms with Gasteiger partial charge in [0.2, 0.25) is 0 Å². The molecule has 16 heavy (non-hydrogen) atoms. The summed E-state index contributed by atoms with van der Waals surface area (Å²) in [5, 5.41) is 19.5. The van der Waals surface area contributed by atoms with Gasteiger partial charge in [-0.3, -0.25) is 0 Å². The molecule has 3 nitrogen and oxygen atoms in total. The first-order valence-electron chi connectivity index (χ1n) is 5.62. The van der Waals surface area contributed by atoms with Crippen molar-refractivity contribution >= 4 is 0 Å². The number of hydrogen-bond acceptors (Lipinski definition) is 3. The standard InChI is InChI=1S/C13H20O3/c1-4-13(15,5-2)11-7-6-10(9-14)12(8-11)16-3/h6-8,14-15H,4-5,9H2,1-3H3. The minimum Gasteiger partial charge on any atom is -0.496 e. The number of hydrogen-bond donors (Lipinski definition) is 2. The van der Waals surface area contributed by atoms with E-state index in [0.717, 1.165) is 11.1 Å². The number of aliphatic hydroxyl groups excluding tert-OH is 1. The van der Waals surface area contributed by atoms with Crippen molar-refractivity contribution in [2.24, 2.45) is 0 Å². The molecule has 0 fully saturated rings. The van der Waals surface area contributed by atoms with Gasteiger partial charge in [0.05, 0.1) is 19.3 Å². The van der Waals surface area contributed by atoms with Crippen LogP contribution in [0.3, 0.4) is 0 Å². The maximum Gasteiger partial charge on any atom is 0.124 e. The van der Waals surface area contributed by atoms with Crippen molar-refractivity contribution in [3.05, 3.63) is 29.3 Å². The van der Waals surface area contributed by atoms with Crippen molar-refractivity contribution in [1.29, 1.82) is 0 Å². The molecular formula is C13H20O3. The van der Waals surface area contributed by atoms with Crippen LogP contribution in [0.4, 0.5) is 0 Å². The lowest BCUT2D eigenvalue weighted by Gasteiger charge is -2.26. The van der Waals surface area contributed by atoms with Crippen LogP contribution in [0.1, 0.15) is 37.8 Å². The fourth-order valence-electron chi connectivity index (χ4n) is 1.82. The van der Waals surface area contributed by atoms with Crippen LogP contribution in [0.2, 0.25) is 0 Å². The maximum atomic E-state index is 10.4. The first kappa shape index (κ1) is 13.0. The topological polar surface area (TPSA) is 49.7 Å². The van der Waals surface area contributed by atoms with Crippen molar-refractivity contribution in [2.75, 3.05) is 7.11 Å². The monoisotopic (exact) mass is 224 g/mol. The predicted molar refractivity (Wildman–Crippen MR) is 63.4 cm³/mol. The molecule has 90 valence electrons. The van der Waals surface area contributed by atoms with Gasteiger partial charge in [0.25, 0.3) is 0 Å². The van der Waals surface area contributed by atoms with Gasteiger partial charge in [-0.1, -0.05) is 26.0 Å². The fourth-order valence-corrected chi connectivity index (χ4v) is 1.82. The lowest BCUT2D eigenvalue weighted by Crippen LogP contribution is -2.23. The van der Waals surface area contributed by atoms with E-state index in [9.17, 15) is 5.11 Å². The highest BCUT2D eigenvalue weighted by molar-refractivity contribution is 5.39. The van der Waals surface area contributed by atoms with Gasteiger partial charge < -0.3 is 14.9 Å². The highest BCUT2D eigenvalue weighted by atomic mass is 16.5. The van der Waals surface area contributed by atoms with E-state index in [0.29, 0.717) is 18.6 Å². The van der Waals surface area contributed by atoms with Gasteiger partial charge in [0.15, 0.2) is 0 Å². The van der Waals surface area contributed by atoms with Crippen LogP contribution in [-0.4, -0.2) is 17.3 Å². The number of aliphatic hydroxyl groups is 2. The van der Waals surface area contributed by atoms with Crippen LogP contribution >= 0.6 is 0 Å². The third kappa shape index (κ3) is 2.36. The Bertz CT molecular complexity index is 343. The average Bonchev–Trinajstić information content (AvgIpc) is 2.36. The van der Waals surface area contributed by atoms with Crippen molar-refractivity contribution in [1.82, 2.24) is 0 Å². The Morgan fingerprint density at radius 1 is 1.25 bits per heavy atom. The summed E-state index contributed by atoms with van der Waals surface area (Å²) in [5.41, 5.74) is 0.772. The minimum absolute atomic E-state index is 0.0554. The molecule has 0 atom stereocenters. The zero-order valence-electron chi connectivity index (χ0n) is 10.2. The summed E-state index contributed by atoms with van der Waals surface area (Å²) in [7, 11) is 1.56. The Morgan fingerprint density at radius 2 is 1.88 bits per heavy atom. The van der Waals surface area contributed by atoms with E-state index in [1.807, 2.05) is 19.9 Å². The normalized spacial score (nSPS) is 11.6. The molecule has 0 spiro atoms. The molecule has 2 N–H and O–H groups in total. The molecule has 0 aliphatic heterocycles. The maximum absolute atomic E-state index is 10.4. The van der Waals surface area contributed by atoms with Crippen LogP contribution in [0.15, 0.2) is 18.2 Å². The van der Waals surface area contributed by atoms with Crippen molar-refractivity contribution in [2.45, 2.75) is 38.9 Å². The van der Waals surface area contributed by atoms with E-state index in [1.165, 1.54) is 0 Å². The van der Waals surface area contributed by atoms with Crippen LogP contribution in [0.25, 0.3) is 0 Å². The zero-order chi connectivity index (χ0) is 12.2. The molecular weight excluding hydrogens is 204 g/mol. The second kappa shape index (κ2) is 5.32. The molecule has 1 aromatic rings. The number of methoxy groups -OCH3 is 1. The summed E-state index contributed by atoms with van der Waals surface area (Å²) >= 11 is 0. The van der Waals surface area contributed by atoms with Gasteiger partial charge in [0.1, 0.15) is 5.75 Å². The summed E-state index contributed by atoms with van der Waals surface area (Å²) in [6.07, 6.45) is 1.32. The third-order valence-corrected chi connectivity index (χ3v) is 3.16. The van der Waals surface area contributed by atoms with Crippen molar-refractivity contribution < 1.29 is 14.9 Å². The van der Waals surface area contributed by atoms with E-state index in [2.05, 4.69) is 0 Å². The van der Waals surface area contributed by atoms with Gasteiger partial charge >= 0.3 is 0 Å². The van der Waals surface area contributed by atoms with Gasteiger partial charge in [0, 0.05) is 5.56 Å². The molecule has 1 rings (SSSR count). The van der Waals surface area contributed by atoms with E-state index in [1.54, 1.807) is 19.2 Å². The van der Waals surface area contributed by atoms with Crippen molar-refractivity contribution in [3.63, 3.8) is 0 Å². The molecule has 0 saturated carbocycles. The molecule has 0 aromatic heterocycles. The second-order valence-corrected chi connectivity index (χ2v) is 3.92. The Balaban J connectivity index is 3.16. The summed E-state index contributed by atoms with van der Waals surface area (Å²) < 4.78 is 5.19. The molecule has 1 aromatic carbocycles. The first-order valence-corrected chi connectivity index (χ1v) is 5.62. The largest absolute Gasteiger partial charge is 0.496 e. The average molecular weight is 224 g/mol. The quantitative estimate of drug-likeness (QED) is 0.806. The van der Waals surface area contributed by atoms with Crippen LogP contribution in [-0.2, 0) is 12.2 Å². The Labute approximate surface area is 96.7 Å². The lowest BCUT2D eigenvalue weighted by atomic mass is 9.88. The molecule has 0 heterocycles. The fraction of sp³-hybridized carbons (Fsp3) is 0.538. The number of benzene rings is 1. The second-order valence-electron chi connectivity index (χ2n) is 3.92. The molecule has 0 aliphatic carbocycles. The highest BCUT2D eigenvalue weighted by Crippen LogP contribution is 2.32. The number of ether oxygens (including phenoxy) is 1. The zero-order valence-corrected chi connectivity index (χ0v) is 10.2. The Morgan fingerprint density at radius 3 is 2.31 bits per heavy atom. The molecule has 0 radical (unpaired) electrons. The number of rotatable bonds is 5. The smallest absolute Gasteiger partial charge is 0.124 e. The van der Waals surface area contributed by atoms with E-state index in [-0.39, 0.29) is 6.61 Å². The summed E-state index contributed by atoms with van der Waals surface area (Å²) in [6, 6.07) is 5.45. The summed E-state index contributed by atoms with van der Waals surface area (Å²) in [5.74, 6) is 0.625. The van der Waals surface area contributed by atoms with Gasteiger partial charge in [-0.15, -0.1) is 0 Å². The van der Waals surface area contributed by atoms with Crippen LogP contribution in [0.5, 0.6) is 5.75 Å². The van der Waals surface area contributed by atoms with E-state index >= 15 is 0 Å². The van der Waals surface area contributed by atoms with Crippen molar-refractivity contribution in [3.8, 4) is 5.75 Å². The molecule has 0 aliphatic rings. The van der Waals surface area contributed by atoms with E-state index in [4.69, 9.17) is 9.84 Å². The Hall–Kier alpha value is -1.06. The summed E-state index contributed by atoms with van der Waals surface area (Å²) in [4.78, 5) is 0. The first-order chi connectivity index (χ1) is 7.61. The molecule has 3 heteroatoms. The third-order valence-electron chi connectivity index (χ3n) is 3.16. The summed E-state index contributed by atoms with van der Waals surface area (Å²) in [6.45, 7) is 3.85. The van der Waals surface area contributed by atoms with Gasteiger partial charge in [-0.2, -0.15) is 0 Å². The molecule has 0 saturated heterocycles. The molecule has 0 amide bonds. The lowest BCUT2D eigenvalue weighted by molar-refractivity contribution is 0.0281.